The van der Waals surface area contributed by atoms with Crippen LogP contribution in [-0.4, -0.2) is 26.8 Å². The maximum atomic E-state index is 11.7. The molecule has 0 saturated heterocycles. The van der Waals surface area contributed by atoms with E-state index in [1.807, 2.05) is 12.1 Å². The number of rotatable bonds is 5. The van der Waals surface area contributed by atoms with Gasteiger partial charge in [0.05, 0.1) is 10.6 Å². The molecule has 0 radical (unpaired) electrons. The first-order valence-electron chi connectivity index (χ1n) is 7.33. The molecule has 1 aromatic rings. The van der Waals surface area contributed by atoms with Crippen molar-refractivity contribution in [3.63, 3.8) is 0 Å². The van der Waals surface area contributed by atoms with Crippen LogP contribution in [0.2, 0.25) is 0 Å². The molecule has 1 saturated carbocycles. The van der Waals surface area contributed by atoms with E-state index in [2.05, 4.69) is 5.32 Å². The molecule has 2 atom stereocenters. The third kappa shape index (κ3) is 3.96. The van der Waals surface area contributed by atoms with Gasteiger partial charge in [-0.1, -0.05) is 13.3 Å². The maximum Gasteiger partial charge on any atom is 0.178 e. The molecule has 0 aliphatic heterocycles. The van der Waals surface area contributed by atoms with Gasteiger partial charge >= 0.3 is 0 Å². The lowest BCUT2D eigenvalue weighted by atomic mass is 9.86. The van der Waals surface area contributed by atoms with Gasteiger partial charge in [0.25, 0.3) is 0 Å². The van der Waals surface area contributed by atoms with Crippen molar-refractivity contribution in [3.05, 3.63) is 24.3 Å². The number of hydrogen-bond donors (Lipinski definition) is 2. The van der Waals surface area contributed by atoms with Gasteiger partial charge in [-0.05, 0) is 49.4 Å². The highest BCUT2D eigenvalue weighted by molar-refractivity contribution is 7.91. The fourth-order valence-corrected chi connectivity index (χ4v) is 3.61. The summed E-state index contributed by atoms with van der Waals surface area (Å²) in [6, 6.07) is 7.37. The van der Waals surface area contributed by atoms with Gasteiger partial charge in [-0.15, -0.1) is 0 Å². The van der Waals surface area contributed by atoms with Crippen molar-refractivity contribution in [2.24, 2.45) is 11.7 Å². The van der Waals surface area contributed by atoms with Crippen LogP contribution < -0.4 is 11.1 Å². The number of hydrogen-bond acceptors (Lipinski definition) is 4. The van der Waals surface area contributed by atoms with Crippen molar-refractivity contribution in [1.82, 2.24) is 0 Å². The second kappa shape index (κ2) is 6.59. The third-order valence-corrected chi connectivity index (χ3v) is 5.76. The fourth-order valence-electron chi connectivity index (χ4n) is 2.73. The smallest absolute Gasteiger partial charge is 0.178 e. The molecule has 0 spiro atoms. The van der Waals surface area contributed by atoms with Crippen molar-refractivity contribution >= 4 is 15.5 Å². The summed E-state index contributed by atoms with van der Waals surface area (Å²) >= 11 is 0. The van der Waals surface area contributed by atoms with Gasteiger partial charge in [0.15, 0.2) is 9.84 Å². The van der Waals surface area contributed by atoms with Gasteiger partial charge in [-0.3, -0.25) is 0 Å². The Balaban J connectivity index is 1.91. The van der Waals surface area contributed by atoms with Crippen molar-refractivity contribution in [1.29, 1.82) is 0 Å². The van der Waals surface area contributed by atoms with E-state index in [1.54, 1.807) is 19.1 Å². The van der Waals surface area contributed by atoms with Crippen LogP contribution in [-0.2, 0) is 9.84 Å². The number of benzene rings is 1. The average molecular weight is 296 g/mol. The van der Waals surface area contributed by atoms with Gasteiger partial charge in [-0.2, -0.15) is 0 Å². The zero-order chi connectivity index (χ0) is 14.6. The van der Waals surface area contributed by atoms with E-state index >= 15 is 0 Å². The SMILES string of the molecule is CCS(=O)(=O)c1ccc(NCC2CCCC(N)C2)cc1. The van der Waals surface area contributed by atoms with Crippen LogP contribution in [0.1, 0.15) is 32.6 Å². The molecule has 112 valence electrons. The molecule has 1 aromatic carbocycles. The zero-order valence-electron chi connectivity index (χ0n) is 12.0. The second-order valence-electron chi connectivity index (χ2n) is 5.60. The number of anilines is 1. The van der Waals surface area contributed by atoms with E-state index in [0.29, 0.717) is 16.9 Å². The van der Waals surface area contributed by atoms with E-state index in [1.165, 1.54) is 12.8 Å². The summed E-state index contributed by atoms with van der Waals surface area (Å²) in [7, 11) is -3.10. The molecule has 0 aromatic heterocycles. The Labute approximate surface area is 121 Å². The monoisotopic (exact) mass is 296 g/mol. The van der Waals surface area contributed by atoms with Gasteiger partial charge in [0, 0.05) is 18.3 Å². The highest BCUT2D eigenvalue weighted by Gasteiger charge is 2.18. The van der Waals surface area contributed by atoms with Crippen LogP contribution in [0, 0.1) is 5.92 Å². The van der Waals surface area contributed by atoms with Crippen LogP contribution in [0.4, 0.5) is 5.69 Å². The minimum Gasteiger partial charge on any atom is -0.385 e. The summed E-state index contributed by atoms with van der Waals surface area (Å²) in [5, 5.41) is 3.38. The fraction of sp³-hybridized carbons (Fsp3) is 0.600. The van der Waals surface area contributed by atoms with Crippen molar-refractivity contribution in [3.8, 4) is 0 Å². The molecular weight excluding hydrogens is 272 g/mol. The largest absolute Gasteiger partial charge is 0.385 e. The Morgan fingerprint density at radius 1 is 1.25 bits per heavy atom. The molecule has 3 N–H and O–H groups in total. The first-order chi connectivity index (χ1) is 9.51. The predicted octanol–water partition coefficient (Wildman–Crippen LogP) is 2.41. The summed E-state index contributed by atoms with van der Waals surface area (Å²) < 4.78 is 23.4. The highest BCUT2D eigenvalue weighted by Crippen LogP contribution is 2.24. The summed E-state index contributed by atoms with van der Waals surface area (Å²) in [6.07, 6.45) is 4.65. The Bertz CT molecular complexity index is 525. The lowest BCUT2D eigenvalue weighted by molar-refractivity contribution is 0.335. The van der Waals surface area contributed by atoms with Gasteiger partial charge in [0.1, 0.15) is 0 Å². The molecular formula is C15H24N2O2S. The van der Waals surface area contributed by atoms with Crippen LogP contribution in [0.3, 0.4) is 0 Å². The second-order valence-corrected chi connectivity index (χ2v) is 7.88. The quantitative estimate of drug-likeness (QED) is 0.875. The Morgan fingerprint density at radius 2 is 1.95 bits per heavy atom. The van der Waals surface area contributed by atoms with Gasteiger partial charge in [0.2, 0.25) is 0 Å². The molecule has 0 bridgehead atoms. The van der Waals surface area contributed by atoms with Crippen LogP contribution >= 0.6 is 0 Å². The lowest BCUT2D eigenvalue weighted by Crippen LogP contribution is -2.30. The Kier molecular flexibility index (Phi) is 5.05. The van der Waals surface area contributed by atoms with Gasteiger partial charge < -0.3 is 11.1 Å². The minimum absolute atomic E-state index is 0.139. The van der Waals surface area contributed by atoms with Gasteiger partial charge in [-0.25, -0.2) is 8.42 Å². The van der Waals surface area contributed by atoms with E-state index in [9.17, 15) is 8.42 Å². The first-order valence-corrected chi connectivity index (χ1v) is 8.99. The third-order valence-electron chi connectivity index (χ3n) is 4.01. The maximum absolute atomic E-state index is 11.7. The number of nitrogens with one attached hydrogen (secondary N) is 1. The van der Waals surface area contributed by atoms with E-state index in [-0.39, 0.29) is 5.75 Å². The summed E-state index contributed by atoms with van der Waals surface area (Å²) in [4.78, 5) is 0.394. The van der Waals surface area contributed by atoms with Crippen LogP contribution in [0.15, 0.2) is 29.2 Å². The average Bonchev–Trinajstić information content (AvgIpc) is 2.46. The molecule has 1 aliphatic rings. The van der Waals surface area contributed by atoms with E-state index < -0.39 is 9.84 Å². The van der Waals surface area contributed by atoms with Crippen molar-refractivity contribution in [2.45, 2.75) is 43.5 Å². The first kappa shape index (κ1) is 15.3. The molecule has 2 rings (SSSR count). The number of nitrogens with two attached hydrogens (primary N) is 1. The Morgan fingerprint density at radius 3 is 2.55 bits per heavy atom. The molecule has 0 amide bonds. The molecule has 0 heterocycles. The lowest BCUT2D eigenvalue weighted by Gasteiger charge is -2.27. The Hall–Kier alpha value is -1.07. The van der Waals surface area contributed by atoms with Crippen LogP contribution in [0.5, 0.6) is 0 Å². The molecule has 1 aliphatic carbocycles. The molecule has 20 heavy (non-hydrogen) atoms. The van der Waals surface area contributed by atoms with Crippen LogP contribution in [0.25, 0.3) is 0 Å². The predicted molar refractivity (Wildman–Crippen MR) is 82.6 cm³/mol. The highest BCUT2D eigenvalue weighted by atomic mass is 32.2. The van der Waals surface area contributed by atoms with E-state index in [4.69, 9.17) is 5.73 Å². The number of sulfone groups is 1. The summed E-state index contributed by atoms with van der Waals surface area (Å²) in [5.41, 5.74) is 6.95. The molecule has 5 heteroatoms. The molecule has 2 unspecified atom stereocenters. The summed E-state index contributed by atoms with van der Waals surface area (Å²) in [6.45, 7) is 2.57. The molecule has 4 nitrogen and oxygen atoms in total. The standard InChI is InChI=1S/C15H24N2O2S/c1-2-20(18,19)15-8-6-14(7-9-15)17-11-12-4-3-5-13(16)10-12/h6-9,12-13,17H,2-5,10-11,16H2,1H3. The normalized spacial score (nSPS) is 23.5. The van der Waals surface area contributed by atoms with Crippen molar-refractivity contribution in [2.75, 3.05) is 17.6 Å². The van der Waals surface area contributed by atoms with E-state index in [0.717, 1.165) is 25.1 Å². The zero-order valence-corrected chi connectivity index (χ0v) is 12.8. The topological polar surface area (TPSA) is 72.2 Å². The summed E-state index contributed by atoms with van der Waals surface area (Å²) in [5.74, 6) is 0.762. The molecule has 1 fully saturated rings. The van der Waals surface area contributed by atoms with Crippen molar-refractivity contribution < 1.29 is 8.42 Å². The minimum atomic E-state index is -3.10.